The molecule has 0 unspecified atom stereocenters. The number of hydrogen-bond acceptors (Lipinski definition) is 2. The highest BCUT2D eigenvalue weighted by Gasteiger charge is 2.24. The van der Waals surface area contributed by atoms with Crippen molar-refractivity contribution in [3.8, 4) is 0 Å². The van der Waals surface area contributed by atoms with Gasteiger partial charge in [0.25, 0.3) is 0 Å². The van der Waals surface area contributed by atoms with Crippen molar-refractivity contribution in [2.75, 3.05) is 0 Å². The monoisotopic (exact) mass is 426 g/mol. The minimum Gasteiger partial charge on any atom is -0.143 e. The summed E-state index contributed by atoms with van der Waals surface area (Å²) < 4.78 is 2.86. The molecule has 6 aromatic rings. The number of benzene rings is 4. The third-order valence-electron chi connectivity index (χ3n) is 6.66. The molecule has 0 nitrogen and oxygen atoms in total. The van der Waals surface area contributed by atoms with Crippen LogP contribution in [0.1, 0.15) is 52.7 Å². The maximum atomic E-state index is 2.47. The average molecular weight is 427 g/mol. The molecular formula is C28H26S2. The maximum Gasteiger partial charge on any atom is 0.0427 e. The van der Waals surface area contributed by atoms with Crippen LogP contribution in [0.15, 0.2) is 47.2 Å². The molecule has 4 aromatic carbocycles. The Balaban J connectivity index is 2.00. The smallest absolute Gasteiger partial charge is 0.0427 e. The SMILES string of the molecule is CC(C)(C)c1cc2c3ccsc3c3cc(C(C)(C)C)cc4c5ccsc5c(c1)c2c43. The van der Waals surface area contributed by atoms with Crippen molar-refractivity contribution in [1.29, 1.82) is 0 Å². The Morgan fingerprint density at radius 2 is 0.867 bits per heavy atom. The second kappa shape index (κ2) is 5.75. The fourth-order valence-corrected chi connectivity index (χ4v) is 6.80. The Morgan fingerprint density at radius 1 is 0.500 bits per heavy atom. The van der Waals surface area contributed by atoms with Gasteiger partial charge in [-0.25, -0.2) is 0 Å². The molecule has 150 valence electrons. The Bertz CT molecular complexity index is 1380. The lowest BCUT2D eigenvalue weighted by Crippen LogP contribution is -2.11. The van der Waals surface area contributed by atoms with Gasteiger partial charge >= 0.3 is 0 Å². The molecule has 2 heteroatoms. The summed E-state index contributed by atoms with van der Waals surface area (Å²) in [4.78, 5) is 0. The van der Waals surface area contributed by atoms with Crippen molar-refractivity contribution in [2.45, 2.75) is 52.4 Å². The first kappa shape index (κ1) is 18.6. The lowest BCUT2D eigenvalue weighted by atomic mass is 9.80. The molecule has 2 heterocycles. The van der Waals surface area contributed by atoms with E-state index < -0.39 is 0 Å². The molecule has 0 saturated carbocycles. The Hall–Kier alpha value is -2.16. The molecule has 0 spiro atoms. The van der Waals surface area contributed by atoms with Crippen LogP contribution in [-0.4, -0.2) is 0 Å². The molecule has 0 saturated heterocycles. The molecule has 6 rings (SSSR count). The van der Waals surface area contributed by atoms with Crippen molar-refractivity contribution in [1.82, 2.24) is 0 Å². The van der Waals surface area contributed by atoms with Crippen molar-refractivity contribution in [3.05, 3.63) is 58.3 Å². The largest absolute Gasteiger partial charge is 0.143 e. The van der Waals surface area contributed by atoms with E-state index in [0.717, 1.165) is 0 Å². The zero-order valence-corrected chi connectivity index (χ0v) is 20.1. The van der Waals surface area contributed by atoms with E-state index in [1.807, 2.05) is 22.7 Å². The second-order valence-corrected chi connectivity index (χ2v) is 12.6. The molecule has 0 aliphatic heterocycles. The van der Waals surface area contributed by atoms with Gasteiger partial charge in [0.15, 0.2) is 0 Å². The zero-order valence-electron chi connectivity index (χ0n) is 18.4. The highest BCUT2D eigenvalue weighted by molar-refractivity contribution is 7.19. The summed E-state index contributed by atoms with van der Waals surface area (Å²) >= 11 is 3.78. The first-order valence-electron chi connectivity index (χ1n) is 10.7. The van der Waals surface area contributed by atoms with Crippen LogP contribution in [0.4, 0.5) is 0 Å². The molecule has 0 amide bonds. The van der Waals surface area contributed by atoms with E-state index in [4.69, 9.17) is 0 Å². The first-order chi connectivity index (χ1) is 14.1. The van der Waals surface area contributed by atoms with Crippen LogP contribution >= 0.6 is 22.7 Å². The van der Waals surface area contributed by atoms with Crippen molar-refractivity contribution < 1.29 is 0 Å². The topological polar surface area (TPSA) is 0 Å². The van der Waals surface area contributed by atoms with E-state index in [2.05, 4.69) is 88.7 Å². The fraction of sp³-hybridized carbons (Fsp3) is 0.286. The van der Waals surface area contributed by atoms with Crippen LogP contribution in [-0.2, 0) is 10.8 Å². The molecule has 0 radical (unpaired) electrons. The summed E-state index contributed by atoms with van der Waals surface area (Å²) in [6, 6.07) is 14.5. The van der Waals surface area contributed by atoms with Crippen LogP contribution in [0.5, 0.6) is 0 Å². The van der Waals surface area contributed by atoms with E-state index in [-0.39, 0.29) is 10.8 Å². The zero-order chi connectivity index (χ0) is 21.0. The summed E-state index contributed by atoms with van der Waals surface area (Å²) in [5.74, 6) is 0. The van der Waals surface area contributed by atoms with Gasteiger partial charge < -0.3 is 0 Å². The van der Waals surface area contributed by atoms with Crippen molar-refractivity contribution >= 4 is 75.2 Å². The highest BCUT2D eigenvalue weighted by Crippen LogP contribution is 2.49. The molecule has 2 aromatic heterocycles. The number of rotatable bonds is 0. The Kier molecular flexibility index (Phi) is 3.56. The third kappa shape index (κ3) is 2.38. The molecule has 30 heavy (non-hydrogen) atoms. The lowest BCUT2D eigenvalue weighted by molar-refractivity contribution is 0.591. The highest BCUT2D eigenvalue weighted by atomic mass is 32.1. The van der Waals surface area contributed by atoms with Gasteiger partial charge in [0.2, 0.25) is 0 Å². The van der Waals surface area contributed by atoms with Crippen LogP contribution in [0.3, 0.4) is 0 Å². The maximum absolute atomic E-state index is 2.47. The molecule has 0 N–H and O–H groups in total. The lowest BCUT2D eigenvalue weighted by Gasteiger charge is -2.24. The van der Waals surface area contributed by atoms with Crippen molar-refractivity contribution in [2.24, 2.45) is 0 Å². The molecule has 0 aliphatic rings. The Morgan fingerprint density at radius 3 is 1.23 bits per heavy atom. The van der Waals surface area contributed by atoms with Gasteiger partial charge in [-0.3, -0.25) is 0 Å². The molecule has 0 atom stereocenters. The summed E-state index contributed by atoms with van der Waals surface area (Å²) in [5.41, 5.74) is 3.09. The van der Waals surface area contributed by atoms with Crippen LogP contribution in [0, 0.1) is 0 Å². The summed E-state index contributed by atoms with van der Waals surface area (Å²) in [7, 11) is 0. The van der Waals surface area contributed by atoms with Gasteiger partial charge in [0, 0.05) is 30.9 Å². The van der Waals surface area contributed by atoms with Gasteiger partial charge in [-0.05, 0) is 90.7 Å². The average Bonchev–Trinajstić information content (AvgIpc) is 3.35. The van der Waals surface area contributed by atoms with E-state index in [9.17, 15) is 0 Å². The summed E-state index contributed by atoms with van der Waals surface area (Å²) in [6.45, 7) is 14.0. The number of fused-ring (bicyclic) bond motifs is 6. The fourth-order valence-electron chi connectivity index (χ4n) is 4.93. The van der Waals surface area contributed by atoms with Crippen molar-refractivity contribution in [3.63, 3.8) is 0 Å². The minimum absolute atomic E-state index is 0.121. The quantitative estimate of drug-likeness (QED) is 0.212. The summed E-state index contributed by atoms with van der Waals surface area (Å²) in [6.07, 6.45) is 0. The van der Waals surface area contributed by atoms with E-state index in [1.165, 1.54) is 63.6 Å². The number of thiophene rings is 2. The second-order valence-electron chi connectivity index (χ2n) is 10.7. The molecule has 0 fully saturated rings. The predicted octanol–water partition coefficient (Wildman–Crippen LogP) is 9.61. The Labute approximate surface area is 185 Å². The van der Waals surface area contributed by atoms with Crippen LogP contribution in [0.2, 0.25) is 0 Å². The molecular weight excluding hydrogens is 400 g/mol. The third-order valence-corrected chi connectivity index (χ3v) is 8.55. The van der Waals surface area contributed by atoms with E-state index >= 15 is 0 Å². The van der Waals surface area contributed by atoms with Gasteiger partial charge in [-0.15, -0.1) is 22.7 Å². The first-order valence-corrected chi connectivity index (χ1v) is 12.4. The van der Waals surface area contributed by atoms with E-state index in [1.54, 1.807) is 0 Å². The minimum atomic E-state index is 0.121. The number of hydrogen-bond donors (Lipinski definition) is 0. The predicted molar refractivity (Wildman–Crippen MR) is 138 cm³/mol. The normalized spacial score (nSPS) is 13.7. The van der Waals surface area contributed by atoms with Crippen LogP contribution in [0.25, 0.3) is 52.5 Å². The standard InChI is InChI=1S/C28H26S2/c1-27(2,3)15-11-19-17-7-9-30-26(17)22-14-16(28(4,5)6)12-20-18-8-10-29-25(18)21(13-15)23(19)24(20)22/h7-14H,1-6H3. The molecule has 0 aliphatic carbocycles. The van der Waals surface area contributed by atoms with Gasteiger partial charge in [-0.2, -0.15) is 0 Å². The van der Waals surface area contributed by atoms with Gasteiger partial charge in [-0.1, -0.05) is 41.5 Å². The van der Waals surface area contributed by atoms with E-state index in [0.29, 0.717) is 0 Å². The summed E-state index contributed by atoms with van der Waals surface area (Å²) in [5, 5.41) is 16.0. The molecule has 0 bridgehead atoms. The van der Waals surface area contributed by atoms with Crippen LogP contribution < -0.4 is 0 Å². The van der Waals surface area contributed by atoms with Gasteiger partial charge in [0.05, 0.1) is 0 Å². The van der Waals surface area contributed by atoms with Gasteiger partial charge in [0.1, 0.15) is 0 Å².